The summed E-state index contributed by atoms with van der Waals surface area (Å²) in [4.78, 5) is 22.6. The number of rotatable bonds is 6. The fourth-order valence-corrected chi connectivity index (χ4v) is 1.45. The van der Waals surface area contributed by atoms with Crippen molar-refractivity contribution in [1.82, 2.24) is 0 Å². The zero-order valence-corrected chi connectivity index (χ0v) is 10.8. The quantitative estimate of drug-likeness (QED) is 0.575. The first kappa shape index (κ1) is 14.2. The van der Waals surface area contributed by atoms with E-state index in [9.17, 15) is 9.59 Å². The van der Waals surface area contributed by atoms with E-state index in [0.29, 0.717) is 18.8 Å². The predicted molar refractivity (Wildman–Crippen MR) is 67.3 cm³/mol. The summed E-state index contributed by atoms with van der Waals surface area (Å²) in [6, 6.07) is 7.32. The molecule has 0 fully saturated rings. The number of aryl methyl sites for hydroxylation is 1. The van der Waals surface area contributed by atoms with Crippen molar-refractivity contribution in [1.29, 1.82) is 0 Å². The molecule has 0 saturated heterocycles. The van der Waals surface area contributed by atoms with E-state index in [0.717, 1.165) is 5.56 Å². The van der Waals surface area contributed by atoms with Crippen molar-refractivity contribution in [2.24, 2.45) is 0 Å². The van der Waals surface area contributed by atoms with Crippen LogP contribution in [0.25, 0.3) is 0 Å². The highest BCUT2D eigenvalue weighted by Crippen LogP contribution is 2.17. The Kier molecular flexibility index (Phi) is 5.91. The molecule has 4 nitrogen and oxygen atoms in total. The molecule has 1 rings (SSSR count). The summed E-state index contributed by atoms with van der Waals surface area (Å²) in [7, 11) is 0. The summed E-state index contributed by atoms with van der Waals surface area (Å²) in [6.45, 7) is 4.00. The summed E-state index contributed by atoms with van der Waals surface area (Å²) in [6.07, 6.45) is 0.910. The Morgan fingerprint density at radius 3 is 2.44 bits per heavy atom. The molecule has 0 aliphatic carbocycles. The molecule has 0 aliphatic heterocycles. The molecule has 0 bridgehead atoms. The molecule has 1 aromatic carbocycles. The van der Waals surface area contributed by atoms with Gasteiger partial charge in [0.15, 0.2) is 0 Å². The summed E-state index contributed by atoms with van der Waals surface area (Å²) in [5, 5.41) is 0. The molecule has 4 heteroatoms. The molecule has 0 spiro atoms. The number of hydrogen-bond acceptors (Lipinski definition) is 4. The molecule has 0 amide bonds. The summed E-state index contributed by atoms with van der Waals surface area (Å²) in [5.41, 5.74) is 0.913. The fraction of sp³-hybridized carbons (Fsp3) is 0.429. The van der Waals surface area contributed by atoms with E-state index < -0.39 is 0 Å². The molecule has 0 aromatic heterocycles. The summed E-state index contributed by atoms with van der Waals surface area (Å²) < 4.78 is 9.97. The largest absolute Gasteiger partial charge is 0.466 e. The van der Waals surface area contributed by atoms with E-state index in [1.54, 1.807) is 13.0 Å². The Morgan fingerprint density at radius 2 is 1.78 bits per heavy atom. The Labute approximate surface area is 107 Å². The summed E-state index contributed by atoms with van der Waals surface area (Å²) >= 11 is 0. The van der Waals surface area contributed by atoms with E-state index >= 15 is 0 Å². The second-order valence-corrected chi connectivity index (χ2v) is 3.90. The van der Waals surface area contributed by atoms with Gasteiger partial charge < -0.3 is 9.47 Å². The van der Waals surface area contributed by atoms with Gasteiger partial charge in [-0.1, -0.05) is 18.2 Å². The van der Waals surface area contributed by atoms with Crippen molar-refractivity contribution in [3.05, 3.63) is 29.8 Å². The van der Waals surface area contributed by atoms with Gasteiger partial charge in [-0.05, 0) is 31.9 Å². The van der Waals surface area contributed by atoms with E-state index in [2.05, 4.69) is 0 Å². The Morgan fingerprint density at radius 1 is 1.11 bits per heavy atom. The van der Waals surface area contributed by atoms with Gasteiger partial charge in [0.2, 0.25) is 0 Å². The third kappa shape index (κ3) is 4.99. The van der Waals surface area contributed by atoms with Crippen molar-refractivity contribution >= 4 is 11.9 Å². The van der Waals surface area contributed by atoms with Gasteiger partial charge in [-0.2, -0.15) is 0 Å². The number of ether oxygens (including phenoxy) is 2. The van der Waals surface area contributed by atoms with Gasteiger partial charge in [0, 0.05) is 12.8 Å². The minimum atomic E-state index is -0.325. The monoisotopic (exact) mass is 250 g/mol. The lowest BCUT2D eigenvalue weighted by Crippen LogP contribution is -2.10. The van der Waals surface area contributed by atoms with Gasteiger partial charge in [-0.15, -0.1) is 0 Å². The van der Waals surface area contributed by atoms with Crippen LogP contribution in [-0.2, 0) is 14.3 Å². The van der Waals surface area contributed by atoms with Crippen LogP contribution >= 0.6 is 0 Å². The average Bonchev–Trinajstić information content (AvgIpc) is 2.32. The highest BCUT2D eigenvalue weighted by molar-refractivity contribution is 5.74. The molecule has 0 saturated carbocycles. The molecule has 18 heavy (non-hydrogen) atoms. The number of esters is 2. The lowest BCUT2D eigenvalue weighted by molar-refractivity contribution is -0.143. The highest BCUT2D eigenvalue weighted by atomic mass is 16.5. The molecule has 0 atom stereocenters. The first-order valence-corrected chi connectivity index (χ1v) is 6.05. The van der Waals surface area contributed by atoms with E-state index in [-0.39, 0.29) is 24.8 Å². The van der Waals surface area contributed by atoms with Gasteiger partial charge >= 0.3 is 11.9 Å². The normalized spacial score (nSPS) is 9.89. The number of benzene rings is 1. The van der Waals surface area contributed by atoms with Crippen LogP contribution in [0, 0.1) is 6.92 Å². The van der Waals surface area contributed by atoms with E-state index in [1.807, 2.05) is 25.1 Å². The third-order valence-corrected chi connectivity index (χ3v) is 2.38. The number of carbonyl (C=O) groups excluding carboxylic acids is 2. The van der Waals surface area contributed by atoms with Crippen molar-refractivity contribution in [3.8, 4) is 5.75 Å². The van der Waals surface area contributed by atoms with E-state index in [1.165, 1.54) is 0 Å². The highest BCUT2D eigenvalue weighted by Gasteiger charge is 2.08. The number of carbonyl (C=O) groups is 2. The van der Waals surface area contributed by atoms with Gasteiger partial charge in [0.05, 0.1) is 6.61 Å². The second kappa shape index (κ2) is 7.48. The minimum Gasteiger partial charge on any atom is -0.466 e. The molecule has 1 aromatic rings. The lowest BCUT2D eigenvalue weighted by Gasteiger charge is -2.06. The van der Waals surface area contributed by atoms with Crippen LogP contribution in [0.3, 0.4) is 0 Å². The molecule has 0 radical (unpaired) electrons. The van der Waals surface area contributed by atoms with Crippen LogP contribution in [-0.4, -0.2) is 18.5 Å². The number of hydrogen-bond donors (Lipinski definition) is 0. The first-order chi connectivity index (χ1) is 8.63. The molecular weight excluding hydrogens is 232 g/mol. The summed E-state index contributed by atoms with van der Waals surface area (Å²) in [5.74, 6) is -0.0339. The van der Waals surface area contributed by atoms with Crippen molar-refractivity contribution in [2.45, 2.75) is 33.1 Å². The zero-order valence-electron chi connectivity index (χ0n) is 10.8. The lowest BCUT2D eigenvalue weighted by atomic mass is 10.2. The maximum absolute atomic E-state index is 11.5. The van der Waals surface area contributed by atoms with Crippen molar-refractivity contribution in [3.63, 3.8) is 0 Å². The molecule has 98 valence electrons. The van der Waals surface area contributed by atoms with Gasteiger partial charge in [-0.3, -0.25) is 9.59 Å². The maximum Gasteiger partial charge on any atom is 0.311 e. The predicted octanol–water partition coefficient (Wildman–Crippen LogP) is 2.63. The van der Waals surface area contributed by atoms with Crippen LogP contribution in [0.4, 0.5) is 0 Å². The number of para-hydroxylation sites is 1. The third-order valence-electron chi connectivity index (χ3n) is 2.38. The molecular formula is C14H18O4. The minimum absolute atomic E-state index is 0.215. The SMILES string of the molecule is CCOC(=O)CCCC(=O)Oc1ccccc1C. The zero-order chi connectivity index (χ0) is 13.4. The van der Waals surface area contributed by atoms with Gasteiger partial charge in [-0.25, -0.2) is 0 Å². The van der Waals surface area contributed by atoms with Gasteiger partial charge in [0.1, 0.15) is 5.75 Å². The molecule has 0 aliphatic rings. The van der Waals surface area contributed by atoms with Crippen LogP contribution in [0.1, 0.15) is 31.7 Å². The van der Waals surface area contributed by atoms with Gasteiger partial charge in [0.25, 0.3) is 0 Å². The van der Waals surface area contributed by atoms with Crippen LogP contribution in [0.2, 0.25) is 0 Å². The van der Waals surface area contributed by atoms with Crippen LogP contribution < -0.4 is 4.74 Å². The Bertz CT molecular complexity index is 412. The maximum atomic E-state index is 11.5. The second-order valence-electron chi connectivity index (χ2n) is 3.90. The molecule has 0 heterocycles. The van der Waals surface area contributed by atoms with Crippen molar-refractivity contribution < 1.29 is 19.1 Å². The smallest absolute Gasteiger partial charge is 0.311 e. The molecule has 0 N–H and O–H groups in total. The Balaban J connectivity index is 2.30. The van der Waals surface area contributed by atoms with E-state index in [4.69, 9.17) is 9.47 Å². The van der Waals surface area contributed by atoms with Crippen LogP contribution in [0.5, 0.6) is 5.75 Å². The average molecular weight is 250 g/mol. The Hall–Kier alpha value is -1.84. The van der Waals surface area contributed by atoms with Crippen molar-refractivity contribution in [2.75, 3.05) is 6.61 Å². The first-order valence-electron chi connectivity index (χ1n) is 6.05. The topological polar surface area (TPSA) is 52.6 Å². The molecule has 0 unspecified atom stereocenters. The fourth-order valence-electron chi connectivity index (χ4n) is 1.45. The standard InChI is InChI=1S/C14H18O4/c1-3-17-13(15)9-6-10-14(16)18-12-8-5-4-7-11(12)2/h4-5,7-8H,3,6,9-10H2,1-2H3. The van der Waals surface area contributed by atoms with Crippen LogP contribution in [0.15, 0.2) is 24.3 Å².